The smallest absolute Gasteiger partial charge is 0.407 e. The zero-order chi connectivity index (χ0) is 18.0. The van der Waals surface area contributed by atoms with E-state index >= 15 is 0 Å². The zero-order valence-electron chi connectivity index (χ0n) is 15.8. The Balaban J connectivity index is 2.38. The molecule has 0 radical (unpaired) electrons. The number of amides is 1. The molecule has 1 aliphatic rings. The number of aliphatic imine (C=N–C) groups is 1. The third-order valence-corrected chi connectivity index (χ3v) is 3.62. The van der Waals surface area contributed by atoms with Crippen LogP contribution in [-0.2, 0) is 9.47 Å². The Morgan fingerprint density at radius 2 is 2.12 bits per heavy atom. The van der Waals surface area contributed by atoms with Gasteiger partial charge in [-0.3, -0.25) is 4.99 Å². The molecule has 0 aromatic rings. The maximum atomic E-state index is 11.9. The van der Waals surface area contributed by atoms with Gasteiger partial charge in [-0.2, -0.15) is 0 Å². The highest BCUT2D eigenvalue weighted by molar-refractivity contribution is 5.79. The van der Waals surface area contributed by atoms with Crippen LogP contribution in [0.1, 0.15) is 53.4 Å². The molecule has 0 aliphatic carbocycles. The fourth-order valence-corrected chi connectivity index (χ4v) is 2.50. The third-order valence-electron chi connectivity index (χ3n) is 3.62. The molecule has 1 aliphatic heterocycles. The van der Waals surface area contributed by atoms with E-state index in [1.54, 1.807) is 7.05 Å². The molecular weight excluding hydrogens is 308 g/mol. The minimum absolute atomic E-state index is 0.00821. The predicted molar refractivity (Wildman–Crippen MR) is 96.4 cm³/mol. The highest BCUT2D eigenvalue weighted by atomic mass is 16.6. The normalized spacial score (nSPS) is 19.7. The largest absolute Gasteiger partial charge is 0.444 e. The highest BCUT2D eigenvalue weighted by Crippen LogP contribution is 2.10. The monoisotopic (exact) mass is 342 g/mol. The molecule has 0 aromatic carbocycles. The van der Waals surface area contributed by atoms with Gasteiger partial charge in [0.1, 0.15) is 5.60 Å². The van der Waals surface area contributed by atoms with E-state index in [4.69, 9.17) is 9.47 Å². The van der Waals surface area contributed by atoms with Crippen LogP contribution in [0.25, 0.3) is 0 Å². The van der Waals surface area contributed by atoms with E-state index in [2.05, 4.69) is 27.9 Å². The first-order valence-electron chi connectivity index (χ1n) is 8.89. The Morgan fingerprint density at radius 3 is 2.67 bits per heavy atom. The minimum Gasteiger partial charge on any atom is -0.444 e. The van der Waals surface area contributed by atoms with E-state index in [9.17, 15) is 4.79 Å². The van der Waals surface area contributed by atoms with Crippen molar-refractivity contribution in [2.45, 2.75) is 71.1 Å². The number of hydrogen-bond acceptors (Lipinski definition) is 4. The zero-order valence-corrected chi connectivity index (χ0v) is 15.8. The average molecular weight is 342 g/mol. The lowest BCUT2D eigenvalue weighted by Gasteiger charge is -2.24. The van der Waals surface area contributed by atoms with Gasteiger partial charge in [-0.15, -0.1) is 0 Å². The van der Waals surface area contributed by atoms with Gasteiger partial charge in [-0.1, -0.05) is 13.3 Å². The van der Waals surface area contributed by atoms with Gasteiger partial charge in [-0.25, -0.2) is 4.79 Å². The molecule has 2 unspecified atom stereocenters. The lowest BCUT2D eigenvalue weighted by atomic mass is 10.1. The Morgan fingerprint density at radius 1 is 1.38 bits per heavy atom. The molecule has 0 aromatic heterocycles. The summed E-state index contributed by atoms with van der Waals surface area (Å²) in [6.07, 6.45) is 3.93. The standard InChI is InChI=1S/C17H34N4O3/c1-6-8-13(21-16(22)24-17(2,3)4)11-19-15(18-5)20-12-14-9-7-10-23-14/h13-14H,6-12H2,1-5H3,(H,21,22)(H2,18,19,20). The van der Waals surface area contributed by atoms with Gasteiger partial charge >= 0.3 is 6.09 Å². The number of carbonyl (C=O) groups is 1. The van der Waals surface area contributed by atoms with Gasteiger partial charge in [0.2, 0.25) is 0 Å². The fraction of sp³-hybridized carbons (Fsp3) is 0.882. The number of ether oxygens (including phenoxy) is 2. The Hall–Kier alpha value is -1.50. The second-order valence-corrected chi connectivity index (χ2v) is 7.10. The van der Waals surface area contributed by atoms with Gasteiger partial charge < -0.3 is 25.4 Å². The van der Waals surface area contributed by atoms with Crippen LogP contribution in [-0.4, -0.2) is 56.5 Å². The summed E-state index contributed by atoms with van der Waals surface area (Å²) in [4.78, 5) is 16.1. The first-order valence-corrected chi connectivity index (χ1v) is 8.89. The quantitative estimate of drug-likeness (QED) is 0.487. The number of guanidine groups is 1. The molecule has 24 heavy (non-hydrogen) atoms. The van der Waals surface area contributed by atoms with Gasteiger partial charge in [0, 0.05) is 32.8 Å². The van der Waals surface area contributed by atoms with Gasteiger partial charge in [-0.05, 0) is 40.0 Å². The first-order chi connectivity index (χ1) is 11.3. The second-order valence-electron chi connectivity index (χ2n) is 7.10. The summed E-state index contributed by atoms with van der Waals surface area (Å²) in [6.45, 7) is 9.85. The lowest BCUT2D eigenvalue weighted by Crippen LogP contribution is -2.49. The number of carbonyl (C=O) groups excluding carboxylic acids is 1. The van der Waals surface area contributed by atoms with Crippen LogP contribution in [0.5, 0.6) is 0 Å². The molecule has 7 heteroatoms. The summed E-state index contributed by atoms with van der Waals surface area (Å²) in [5.41, 5.74) is -0.493. The van der Waals surface area contributed by atoms with Crippen LogP contribution in [0, 0.1) is 0 Å². The summed E-state index contributed by atoms with van der Waals surface area (Å²) in [6, 6.07) is -0.00821. The molecule has 1 amide bonds. The molecule has 1 rings (SSSR count). The van der Waals surface area contributed by atoms with Crippen molar-refractivity contribution in [1.82, 2.24) is 16.0 Å². The van der Waals surface area contributed by atoms with Crippen molar-refractivity contribution < 1.29 is 14.3 Å². The summed E-state index contributed by atoms with van der Waals surface area (Å²) in [5.74, 6) is 0.720. The molecule has 7 nitrogen and oxygen atoms in total. The number of alkyl carbamates (subject to hydrolysis) is 1. The topological polar surface area (TPSA) is 84.0 Å². The van der Waals surface area contributed by atoms with Gasteiger partial charge in [0.05, 0.1) is 6.10 Å². The van der Waals surface area contributed by atoms with Crippen molar-refractivity contribution in [1.29, 1.82) is 0 Å². The molecule has 1 fully saturated rings. The number of nitrogens with zero attached hydrogens (tertiary/aromatic N) is 1. The SMILES string of the molecule is CCCC(CNC(=NC)NCC1CCCO1)NC(=O)OC(C)(C)C. The Labute approximate surface area is 146 Å². The average Bonchev–Trinajstić information content (AvgIpc) is 2.98. The van der Waals surface area contributed by atoms with E-state index in [0.717, 1.165) is 44.8 Å². The van der Waals surface area contributed by atoms with Gasteiger partial charge in [0.15, 0.2) is 5.96 Å². The van der Waals surface area contributed by atoms with E-state index in [1.807, 2.05) is 20.8 Å². The Bertz CT molecular complexity index is 401. The van der Waals surface area contributed by atoms with E-state index < -0.39 is 5.60 Å². The van der Waals surface area contributed by atoms with Crippen molar-refractivity contribution in [2.75, 3.05) is 26.7 Å². The van der Waals surface area contributed by atoms with Crippen LogP contribution in [0.4, 0.5) is 4.79 Å². The van der Waals surface area contributed by atoms with Crippen molar-refractivity contribution in [3.05, 3.63) is 0 Å². The minimum atomic E-state index is -0.493. The fourth-order valence-electron chi connectivity index (χ4n) is 2.50. The van der Waals surface area contributed by atoms with Crippen LogP contribution >= 0.6 is 0 Å². The van der Waals surface area contributed by atoms with E-state index in [1.165, 1.54) is 0 Å². The third kappa shape index (κ3) is 8.96. The van der Waals surface area contributed by atoms with E-state index in [-0.39, 0.29) is 18.2 Å². The van der Waals surface area contributed by atoms with Crippen LogP contribution < -0.4 is 16.0 Å². The summed E-state index contributed by atoms with van der Waals surface area (Å²) >= 11 is 0. The predicted octanol–water partition coefficient (Wildman–Crippen LogP) is 2.02. The number of rotatable bonds is 7. The van der Waals surface area contributed by atoms with Crippen molar-refractivity contribution in [3.63, 3.8) is 0 Å². The van der Waals surface area contributed by atoms with Crippen molar-refractivity contribution >= 4 is 12.1 Å². The number of hydrogen-bond donors (Lipinski definition) is 3. The van der Waals surface area contributed by atoms with Crippen molar-refractivity contribution in [2.24, 2.45) is 4.99 Å². The molecule has 0 saturated carbocycles. The molecule has 2 atom stereocenters. The van der Waals surface area contributed by atoms with Crippen molar-refractivity contribution in [3.8, 4) is 0 Å². The molecule has 0 bridgehead atoms. The van der Waals surface area contributed by atoms with Crippen LogP contribution in [0.15, 0.2) is 4.99 Å². The molecular formula is C17H34N4O3. The molecule has 1 heterocycles. The summed E-state index contributed by atoms with van der Waals surface area (Å²) < 4.78 is 10.9. The molecule has 0 spiro atoms. The second kappa shape index (κ2) is 10.4. The molecule has 3 N–H and O–H groups in total. The van der Waals surface area contributed by atoms with E-state index in [0.29, 0.717) is 6.54 Å². The first kappa shape index (κ1) is 20.5. The van der Waals surface area contributed by atoms with Crippen LogP contribution in [0.3, 0.4) is 0 Å². The lowest BCUT2D eigenvalue weighted by molar-refractivity contribution is 0.0502. The molecule has 1 saturated heterocycles. The van der Waals surface area contributed by atoms with Gasteiger partial charge in [0.25, 0.3) is 0 Å². The number of nitrogens with one attached hydrogen (secondary N) is 3. The highest BCUT2D eigenvalue weighted by Gasteiger charge is 2.20. The van der Waals surface area contributed by atoms with Crippen LogP contribution in [0.2, 0.25) is 0 Å². The maximum absolute atomic E-state index is 11.9. The summed E-state index contributed by atoms with van der Waals surface area (Å²) in [7, 11) is 1.74. The maximum Gasteiger partial charge on any atom is 0.407 e. The molecule has 140 valence electrons. The summed E-state index contributed by atoms with van der Waals surface area (Å²) in [5, 5.41) is 9.45. The Kier molecular flexibility index (Phi) is 8.89.